The molecule has 0 radical (unpaired) electrons. The van der Waals surface area contributed by atoms with Crippen molar-refractivity contribution in [3.63, 3.8) is 0 Å². The monoisotopic (exact) mass is 251 g/mol. The number of benzene rings is 1. The quantitative estimate of drug-likeness (QED) is 0.553. The van der Waals surface area contributed by atoms with Gasteiger partial charge >= 0.3 is 0 Å². The number of β-amino-alcohol motifs (C(OH)–C–C–N with tert-alkyl or cyclic N) is 1. The first-order valence-corrected chi connectivity index (χ1v) is 6.25. The molecule has 1 aliphatic heterocycles. The summed E-state index contributed by atoms with van der Waals surface area (Å²) in [5, 5.41) is 21.9. The number of nitrogens with zero attached hydrogens (tertiary/aromatic N) is 1. The van der Waals surface area contributed by atoms with Gasteiger partial charge in [-0.2, -0.15) is 0 Å². The van der Waals surface area contributed by atoms with Crippen molar-refractivity contribution in [2.45, 2.75) is 19.1 Å². The van der Waals surface area contributed by atoms with E-state index in [1.54, 1.807) is 0 Å². The number of rotatable bonds is 4. The number of aryl methyl sites for hydroxylation is 1. The summed E-state index contributed by atoms with van der Waals surface area (Å²) < 4.78 is 0. The van der Waals surface area contributed by atoms with E-state index in [0.717, 1.165) is 23.5 Å². The van der Waals surface area contributed by atoms with Crippen LogP contribution >= 0.6 is 0 Å². The lowest BCUT2D eigenvalue weighted by Crippen LogP contribution is -2.40. The predicted octanol–water partition coefficient (Wildman–Crippen LogP) is -0.291. The van der Waals surface area contributed by atoms with Gasteiger partial charge < -0.3 is 26.2 Å². The molecule has 1 heterocycles. The molecule has 1 aromatic carbocycles. The molecule has 1 fully saturated rings. The summed E-state index contributed by atoms with van der Waals surface area (Å²) in [5.74, 6) is 0. The lowest BCUT2D eigenvalue weighted by molar-refractivity contribution is 0.159. The highest BCUT2D eigenvalue weighted by Crippen LogP contribution is 2.24. The maximum absolute atomic E-state index is 9.96. The molecule has 18 heavy (non-hydrogen) atoms. The minimum atomic E-state index is -0.408. The fourth-order valence-electron chi connectivity index (χ4n) is 2.30. The highest BCUT2D eigenvalue weighted by atomic mass is 16.3. The van der Waals surface area contributed by atoms with Crippen LogP contribution in [0.4, 0.5) is 11.4 Å². The van der Waals surface area contributed by atoms with Gasteiger partial charge in [0.15, 0.2) is 0 Å². The molecule has 1 aromatic rings. The van der Waals surface area contributed by atoms with E-state index in [-0.39, 0.29) is 12.6 Å². The first-order chi connectivity index (χ1) is 8.61. The molecular weight excluding hydrogens is 230 g/mol. The van der Waals surface area contributed by atoms with Gasteiger partial charge in [-0.05, 0) is 30.7 Å². The predicted molar refractivity (Wildman–Crippen MR) is 72.7 cm³/mol. The van der Waals surface area contributed by atoms with Crippen LogP contribution in [-0.2, 0) is 0 Å². The van der Waals surface area contributed by atoms with Gasteiger partial charge in [-0.25, -0.2) is 0 Å². The first kappa shape index (κ1) is 13.1. The average Bonchev–Trinajstić information content (AvgIpc) is 2.72. The molecule has 2 atom stereocenters. The molecular formula is C13H21N3O2. The summed E-state index contributed by atoms with van der Waals surface area (Å²) in [7, 11) is 0. The Balaban J connectivity index is 2.04. The third-order valence-corrected chi connectivity index (χ3v) is 3.43. The smallest absolute Gasteiger partial charge is 0.0884 e. The molecule has 5 nitrogen and oxygen atoms in total. The number of nitrogens with two attached hydrogens (primary N) is 1. The van der Waals surface area contributed by atoms with Crippen LogP contribution in [0.25, 0.3) is 0 Å². The van der Waals surface area contributed by atoms with Gasteiger partial charge in [0.1, 0.15) is 0 Å². The zero-order valence-corrected chi connectivity index (χ0v) is 10.6. The fourth-order valence-corrected chi connectivity index (χ4v) is 2.30. The maximum atomic E-state index is 9.96. The highest BCUT2D eigenvalue weighted by Gasteiger charge is 2.30. The highest BCUT2D eigenvalue weighted by molar-refractivity contribution is 5.58. The molecule has 0 spiro atoms. The molecule has 1 aliphatic rings. The van der Waals surface area contributed by atoms with Crippen LogP contribution in [0.15, 0.2) is 18.2 Å². The Morgan fingerprint density at radius 2 is 2.22 bits per heavy atom. The number of nitrogen functional groups attached to an aromatic ring is 1. The molecule has 0 bridgehead atoms. The average molecular weight is 251 g/mol. The summed E-state index contributed by atoms with van der Waals surface area (Å²) in [6.45, 7) is 3.92. The van der Waals surface area contributed by atoms with Crippen molar-refractivity contribution in [2.24, 2.45) is 0 Å². The Kier molecular flexibility index (Phi) is 4.06. The van der Waals surface area contributed by atoms with Crippen LogP contribution < -0.4 is 16.0 Å². The number of aliphatic hydroxyl groups is 2. The van der Waals surface area contributed by atoms with Gasteiger partial charge in [-0.1, -0.05) is 0 Å². The Hall–Kier alpha value is -1.30. The number of nitrogens with one attached hydrogen (secondary N) is 1. The van der Waals surface area contributed by atoms with Gasteiger partial charge in [-0.15, -0.1) is 0 Å². The lowest BCUT2D eigenvalue weighted by atomic mass is 10.2. The van der Waals surface area contributed by atoms with E-state index in [2.05, 4.69) is 10.2 Å². The molecule has 0 amide bonds. The van der Waals surface area contributed by atoms with Gasteiger partial charge in [-0.3, -0.25) is 0 Å². The van der Waals surface area contributed by atoms with Crippen molar-refractivity contribution >= 4 is 11.4 Å². The Bertz CT molecular complexity index is 411. The summed E-state index contributed by atoms with van der Waals surface area (Å²) >= 11 is 0. The SMILES string of the molecule is Cc1cc(N2CC(O)C(NCCO)C2)ccc1N. The number of hydrogen-bond acceptors (Lipinski definition) is 5. The van der Waals surface area contributed by atoms with Gasteiger partial charge in [0, 0.05) is 31.0 Å². The zero-order chi connectivity index (χ0) is 13.1. The molecule has 0 saturated carbocycles. The van der Waals surface area contributed by atoms with Crippen LogP contribution in [0.2, 0.25) is 0 Å². The Morgan fingerprint density at radius 1 is 1.44 bits per heavy atom. The molecule has 2 rings (SSSR count). The van der Waals surface area contributed by atoms with Gasteiger partial charge in [0.2, 0.25) is 0 Å². The van der Waals surface area contributed by atoms with Crippen molar-refractivity contribution in [3.8, 4) is 0 Å². The molecule has 2 unspecified atom stereocenters. The van der Waals surface area contributed by atoms with E-state index in [1.165, 1.54) is 0 Å². The van der Waals surface area contributed by atoms with Crippen LogP contribution in [0.5, 0.6) is 0 Å². The summed E-state index contributed by atoms with van der Waals surface area (Å²) in [6.07, 6.45) is -0.408. The van der Waals surface area contributed by atoms with Crippen LogP contribution in [0, 0.1) is 6.92 Å². The van der Waals surface area contributed by atoms with E-state index < -0.39 is 6.10 Å². The topological polar surface area (TPSA) is 81.8 Å². The summed E-state index contributed by atoms with van der Waals surface area (Å²) in [6, 6.07) is 5.92. The minimum Gasteiger partial charge on any atom is -0.399 e. The molecule has 1 saturated heterocycles. The Labute approximate surface area is 107 Å². The molecule has 0 aliphatic carbocycles. The van der Waals surface area contributed by atoms with E-state index in [1.807, 2.05) is 25.1 Å². The van der Waals surface area contributed by atoms with Crippen molar-refractivity contribution in [2.75, 3.05) is 36.9 Å². The van der Waals surface area contributed by atoms with E-state index >= 15 is 0 Å². The van der Waals surface area contributed by atoms with Crippen LogP contribution in [0.3, 0.4) is 0 Å². The third kappa shape index (κ3) is 2.75. The number of aliphatic hydroxyl groups excluding tert-OH is 2. The maximum Gasteiger partial charge on any atom is 0.0884 e. The number of anilines is 2. The molecule has 5 heteroatoms. The van der Waals surface area contributed by atoms with Crippen LogP contribution in [0.1, 0.15) is 5.56 Å². The second-order valence-electron chi connectivity index (χ2n) is 4.80. The lowest BCUT2D eigenvalue weighted by Gasteiger charge is -2.19. The molecule has 5 N–H and O–H groups in total. The summed E-state index contributed by atoms with van der Waals surface area (Å²) in [4.78, 5) is 2.13. The van der Waals surface area contributed by atoms with Crippen molar-refractivity contribution in [1.29, 1.82) is 0 Å². The normalized spacial score (nSPS) is 23.6. The third-order valence-electron chi connectivity index (χ3n) is 3.43. The second-order valence-corrected chi connectivity index (χ2v) is 4.80. The largest absolute Gasteiger partial charge is 0.399 e. The minimum absolute atomic E-state index is 0.00927. The second kappa shape index (κ2) is 5.56. The van der Waals surface area contributed by atoms with Crippen molar-refractivity contribution in [1.82, 2.24) is 5.32 Å². The zero-order valence-electron chi connectivity index (χ0n) is 10.6. The van der Waals surface area contributed by atoms with Crippen molar-refractivity contribution in [3.05, 3.63) is 23.8 Å². The summed E-state index contributed by atoms with van der Waals surface area (Å²) in [5.41, 5.74) is 8.71. The standard InChI is InChI=1S/C13H21N3O2/c1-9-6-10(2-3-11(9)14)16-7-12(13(18)8-16)15-4-5-17/h2-3,6,12-13,15,17-18H,4-5,7-8,14H2,1H3. The van der Waals surface area contributed by atoms with Crippen molar-refractivity contribution < 1.29 is 10.2 Å². The van der Waals surface area contributed by atoms with Gasteiger partial charge in [0.05, 0.1) is 18.8 Å². The first-order valence-electron chi connectivity index (χ1n) is 6.25. The molecule has 100 valence electrons. The fraction of sp³-hybridized carbons (Fsp3) is 0.538. The molecule has 0 aromatic heterocycles. The Morgan fingerprint density at radius 3 is 2.89 bits per heavy atom. The van der Waals surface area contributed by atoms with E-state index in [0.29, 0.717) is 13.1 Å². The van der Waals surface area contributed by atoms with Gasteiger partial charge in [0.25, 0.3) is 0 Å². The van der Waals surface area contributed by atoms with E-state index in [4.69, 9.17) is 10.8 Å². The number of hydrogen-bond donors (Lipinski definition) is 4. The van der Waals surface area contributed by atoms with Crippen LogP contribution in [-0.4, -0.2) is 48.6 Å². The van der Waals surface area contributed by atoms with E-state index in [9.17, 15) is 5.11 Å².